The minimum atomic E-state index is 0.941. The van der Waals surface area contributed by atoms with Crippen LogP contribution in [0.15, 0.2) is 48.8 Å². The second-order valence-corrected chi connectivity index (χ2v) is 3.50. The van der Waals surface area contributed by atoms with Crippen LogP contribution in [0.5, 0.6) is 0 Å². The lowest BCUT2D eigenvalue weighted by Gasteiger charge is -2.00. The molecule has 0 radical (unpaired) electrons. The Hall–Kier alpha value is -2.36. The van der Waals surface area contributed by atoms with Crippen LogP contribution in [-0.4, -0.2) is 20.4 Å². The predicted octanol–water partition coefficient (Wildman–Crippen LogP) is 2.47. The van der Waals surface area contributed by atoms with E-state index in [-0.39, 0.29) is 0 Å². The zero-order valence-corrected chi connectivity index (χ0v) is 8.51. The summed E-state index contributed by atoms with van der Waals surface area (Å²) in [6.07, 6.45) is 3.55. The van der Waals surface area contributed by atoms with Crippen molar-refractivity contribution in [1.82, 2.24) is 20.4 Å². The van der Waals surface area contributed by atoms with Gasteiger partial charge < -0.3 is 0 Å². The Morgan fingerprint density at radius 2 is 1.75 bits per heavy atom. The SMILES string of the molecule is c1ccc(-c2cn[nH]c2-c2ccn[nH]2)cc1. The Kier molecular flexibility index (Phi) is 2.04. The van der Waals surface area contributed by atoms with Crippen molar-refractivity contribution >= 4 is 0 Å². The van der Waals surface area contributed by atoms with E-state index < -0.39 is 0 Å². The Balaban J connectivity index is 2.14. The van der Waals surface area contributed by atoms with E-state index in [2.05, 4.69) is 32.5 Å². The molecule has 3 rings (SSSR count). The summed E-state index contributed by atoms with van der Waals surface area (Å²) >= 11 is 0. The molecule has 4 heteroatoms. The van der Waals surface area contributed by atoms with Crippen molar-refractivity contribution < 1.29 is 0 Å². The molecule has 78 valence electrons. The Morgan fingerprint density at radius 1 is 0.875 bits per heavy atom. The molecule has 2 N–H and O–H groups in total. The van der Waals surface area contributed by atoms with E-state index in [1.165, 1.54) is 0 Å². The maximum atomic E-state index is 4.08. The van der Waals surface area contributed by atoms with Crippen molar-refractivity contribution in [3.8, 4) is 22.5 Å². The van der Waals surface area contributed by atoms with Crippen LogP contribution in [0.1, 0.15) is 0 Å². The topological polar surface area (TPSA) is 57.4 Å². The lowest BCUT2D eigenvalue weighted by molar-refractivity contribution is 1.06. The van der Waals surface area contributed by atoms with E-state index in [1.807, 2.05) is 30.5 Å². The predicted molar refractivity (Wildman–Crippen MR) is 61.6 cm³/mol. The van der Waals surface area contributed by atoms with E-state index in [9.17, 15) is 0 Å². The maximum absolute atomic E-state index is 4.08. The Labute approximate surface area is 92.3 Å². The van der Waals surface area contributed by atoms with Crippen LogP contribution in [0.4, 0.5) is 0 Å². The van der Waals surface area contributed by atoms with Gasteiger partial charge in [0.1, 0.15) is 0 Å². The van der Waals surface area contributed by atoms with Crippen LogP contribution < -0.4 is 0 Å². The third-order valence-electron chi connectivity index (χ3n) is 2.49. The molecule has 4 nitrogen and oxygen atoms in total. The van der Waals surface area contributed by atoms with Gasteiger partial charge in [0.25, 0.3) is 0 Å². The summed E-state index contributed by atoms with van der Waals surface area (Å²) in [7, 11) is 0. The minimum Gasteiger partial charge on any atom is -0.276 e. The van der Waals surface area contributed by atoms with Gasteiger partial charge in [0.2, 0.25) is 0 Å². The van der Waals surface area contributed by atoms with Gasteiger partial charge in [-0.1, -0.05) is 30.3 Å². The highest BCUT2D eigenvalue weighted by molar-refractivity contribution is 5.78. The van der Waals surface area contributed by atoms with Gasteiger partial charge in [-0.2, -0.15) is 10.2 Å². The minimum absolute atomic E-state index is 0.941. The highest BCUT2D eigenvalue weighted by Crippen LogP contribution is 2.28. The zero-order chi connectivity index (χ0) is 10.8. The van der Waals surface area contributed by atoms with Gasteiger partial charge in [-0.25, -0.2) is 0 Å². The van der Waals surface area contributed by atoms with E-state index in [1.54, 1.807) is 6.20 Å². The number of rotatable bonds is 2. The molecule has 0 amide bonds. The normalized spacial score (nSPS) is 10.5. The number of nitrogens with zero attached hydrogens (tertiary/aromatic N) is 2. The first-order valence-electron chi connectivity index (χ1n) is 5.03. The number of hydrogen-bond donors (Lipinski definition) is 2. The fourth-order valence-corrected chi connectivity index (χ4v) is 1.72. The number of hydrogen-bond acceptors (Lipinski definition) is 2. The monoisotopic (exact) mass is 210 g/mol. The van der Waals surface area contributed by atoms with E-state index in [0.29, 0.717) is 0 Å². The van der Waals surface area contributed by atoms with Gasteiger partial charge in [0, 0.05) is 11.8 Å². The van der Waals surface area contributed by atoms with Gasteiger partial charge >= 0.3 is 0 Å². The highest BCUT2D eigenvalue weighted by atomic mass is 15.2. The van der Waals surface area contributed by atoms with Crippen molar-refractivity contribution in [1.29, 1.82) is 0 Å². The quantitative estimate of drug-likeness (QED) is 0.682. The summed E-state index contributed by atoms with van der Waals surface area (Å²) in [5.74, 6) is 0. The second-order valence-electron chi connectivity index (χ2n) is 3.50. The number of nitrogens with one attached hydrogen (secondary N) is 2. The number of H-pyrrole nitrogens is 2. The highest BCUT2D eigenvalue weighted by Gasteiger charge is 2.09. The van der Waals surface area contributed by atoms with Gasteiger partial charge in [-0.05, 0) is 11.6 Å². The van der Waals surface area contributed by atoms with Crippen molar-refractivity contribution in [3.05, 3.63) is 48.8 Å². The van der Waals surface area contributed by atoms with Crippen LogP contribution in [-0.2, 0) is 0 Å². The first-order valence-corrected chi connectivity index (χ1v) is 5.03. The first-order chi connectivity index (χ1) is 7.95. The van der Waals surface area contributed by atoms with Crippen molar-refractivity contribution in [3.63, 3.8) is 0 Å². The van der Waals surface area contributed by atoms with Gasteiger partial charge in [0.05, 0.1) is 17.6 Å². The molecule has 0 spiro atoms. The molecule has 0 fully saturated rings. The molecule has 0 aliphatic heterocycles. The lowest BCUT2D eigenvalue weighted by atomic mass is 10.1. The summed E-state index contributed by atoms with van der Waals surface area (Å²) in [5.41, 5.74) is 4.12. The third kappa shape index (κ3) is 1.40. The molecular formula is C12H10N4. The molecule has 3 aromatic rings. The molecule has 0 aliphatic carbocycles. The van der Waals surface area contributed by atoms with E-state index in [0.717, 1.165) is 22.5 Å². The first kappa shape index (κ1) is 8.91. The smallest absolute Gasteiger partial charge is 0.0907 e. The second kappa shape index (κ2) is 3.66. The molecule has 0 unspecified atom stereocenters. The fourth-order valence-electron chi connectivity index (χ4n) is 1.72. The molecule has 2 aromatic heterocycles. The number of benzene rings is 1. The Morgan fingerprint density at radius 3 is 2.50 bits per heavy atom. The fraction of sp³-hybridized carbons (Fsp3) is 0. The molecular weight excluding hydrogens is 200 g/mol. The maximum Gasteiger partial charge on any atom is 0.0907 e. The summed E-state index contributed by atoms with van der Waals surface area (Å²) in [6.45, 7) is 0. The van der Waals surface area contributed by atoms with Crippen molar-refractivity contribution in [2.45, 2.75) is 0 Å². The van der Waals surface area contributed by atoms with E-state index >= 15 is 0 Å². The van der Waals surface area contributed by atoms with Crippen LogP contribution in [0.3, 0.4) is 0 Å². The van der Waals surface area contributed by atoms with Crippen molar-refractivity contribution in [2.24, 2.45) is 0 Å². The van der Waals surface area contributed by atoms with Crippen molar-refractivity contribution in [2.75, 3.05) is 0 Å². The van der Waals surface area contributed by atoms with Crippen LogP contribution in [0, 0.1) is 0 Å². The lowest BCUT2D eigenvalue weighted by Crippen LogP contribution is -1.82. The number of aromatic amines is 2. The molecule has 0 atom stereocenters. The van der Waals surface area contributed by atoms with Gasteiger partial charge in [-0.15, -0.1) is 0 Å². The van der Waals surface area contributed by atoms with Crippen LogP contribution >= 0.6 is 0 Å². The van der Waals surface area contributed by atoms with Gasteiger partial charge in [0.15, 0.2) is 0 Å². The number of aromatic nitrogens is 4. The standard InChI is InChI=1S/C12H10N4/c1-2-4-9(5-3-1)10-8-14-16-12(10)11-6-7-13-15-11/h1-8H,(H,13,15)(H,14,16). The average molecular weight is 210 g/mol. The molecule has 0 saturated carbocycles. The van der Waals surface area contributed by atoms with E-state index in [4.69, 9.17) is 0 Å². The molecule has 2 heterocycles. The average Bonchev–Trinajstić information content (AvgIpc) is 3.01. The molecule has 0 saturated heterocycles. The zero-order valence-electron chi connectivity index (χ0n) is 8.51. The van der Waals surface area contributed by atoms with Crippen LogP contribution in [0.25, 0.3) is 22.5 Å². The third-order valence-corrected chi connectivity index (χ3v) is 2.49. The molecule has 16 heavy (non-hydrogen) atoms. The largest absolute Gasteiger partial charge is 0.276 e. The summed E-state index contributed by atoms with van der Waals surface area (Å²) in [4.78, 5) is 0. The molecule has 0 aliphatic rings. The summed E-state index contributed by atoms with van der Waals surface area (Å²) in [5, 5.41) is 13.9. The molecule has 0 bridgehead atoms. The van der Waals surface area contributed by atoms with Crippen LogP contribution in [0.2, 0.25) is 0 Å². The Bertz CT molecular complexity index is 566. The summed E-state index contributed by atoms with van der Waals surface area (Å²) in [6, 6.07) is 12.1. The van der Waals surface area contributed by atoms with Gasteiger partial charge in [-0.3, -0.25) is 10.2 Å². The molecule has 1 aromatic carbocycles. The summed E-state index contributed by atoms with van der Waals surface area (Å²) < 4.78 is 0.